The molecule has 2 aromatic rings. The van der Waals surface area contributed by atoms with Gasteiger partial charge in [0.25, 0.3) is 10.0 Å². The maximum atomic E-state index is 12.0. The highest BCUT2D eigenvalue weighted by Crippen LogP contribution is 2.27. The Labute approximate surface area is 108 Å². The first-order valence-electron chi connectivity index (χ1n) is 4.74. The van der Waals surface area contributed by atoms with Crippen molar-refractivity contribution in [3.05, 3.63) is 29.5 Å². The van der Waals surface area contributed by atoms with E-state index in [0.29, 0.717) is 5.75 Å². The number of rotatable bonds is 4. The summed E-state index contributed by atoms with van der Waals surface area (Å²) in [4.78, 5) is 3.67. The summed E-state index contributed by atoms with van der Waals surface area (Å²) in [6.45, 7) is 0. The predicted molar refractivity (Wildman–Crippen MR) is 65.2 cm³/mol. The molecule has 0 unspecified atom stereocenters. The van der Waals surface area contributed by atoms with Crippen LogP contribution in [0.25, 0.3) is 0 Å². The first-order valence-corrected chi connectivity index (χ1v) is 6.61. The molecule has 0 aliphatic rings. The molecule has 0 spiro atoms. The normalized spacial score (nSPS) is 11.2. The van der Waals surface area contributed by atoms with Gasteiger partial charge in [-0.2, -0.15) is 10.1 Å². The topological polar surface area (TPSA) is 97.0 Å². The molecule has 0 radical (unpaired) electrons. The molecule has 96 valence electrons. The summed E-state index contributed by atoms with van der Waals surface area (Å²) in [5.41, 5.74) is 0. The van der Waals surface area contributed by atoms with Gasteiger partial charge in [-0.25, -0.2) is 18.2 Å². The molecular weight excluding hydrogens is 280 g/mol. The van der Waals surface area contributed by atoms with E-state index in [1.54, 1.807) is 0 Å². The van der Waals surface area contributed by atoms with Crippen molar-refractivity contribution in [2.45, 2.75) is 4.90 Å². The molecule has 0 aliphatic carbocycles. The number of nitrogens with zero attached hydrogens (tertiary/aromatic N) is 2. The molecule has 1 aromatic carbocycles. The van der Waals surface area contributed by atoms with Gasteiger partial charge in [-0.1, -0.05) is 11.6 Å². The standard InChI is InChI=1S/C9H9ClN4O3S/c1-17-8-3-2-6(4-7(8)10)18(15,16)14-9-11-5-12-13-9/h2-5H,1H3,(H2,11,12,13,14). The van der Waals surface area contributed by atoms with E-state index < -0.39 is 10.0 Å². The molecule has 1 heterocycles. The summed E-state index contributed by atoms with van der Waals surface area (Å²) < 4.78 is 31.1. The van der Waals surface area contributed by atoms with Crippen molar-refractivity contribution in [3.63, 3.8) is 0 Å². The number of anilines is 1. The first kappa shape index (κ1) is 12.7. The van der Waals surface area contributed by atoms with Crippen LogP contribution in [-0.2, 0) is 10.0 Å². The minimum atomic E-state index is -3.75. The smallest absolute Gasteiger partial charge is 0.264 e. The molecule has 9 heteroatoms. The van der Waals surface area contributed by atoms with Crippen LogP contribution in [-0.4, -0.2) is 30.7 Å². The van der Waals surface area contributed by atoms with Gasteiger partial charge in [0.05, 0.1) is 17.0 Å². The molecule has 0 fully saturated rings. The van der Waals surface area contributed by atoms with Crippen LogP contribution in [0.3, 0.4) is 0 Å². The predicted octanol–water partition coefficient (Wildman–Crippen LogP) is 1.27. The van der Waals surface area contributed by atoms with Crippen molar-refractivity contribution in [2.24, 2.45) is 0 Å². The Bertz CT molecular complexity index is 642. The van der Waals surface area contributed by atoms with Gasteiger partial charge in [0, 0.05) is 0 Å². The molecule has 0 saturated heterocycles. The van der Waals surface area contributed by atoms with E-state index in [-0.39, 0.29) is 15.9 Å². The molecule has 0 bridgehead atoms. The van der Waals surface area contributed by atoms with Gasteiger partial charge in [0.1, 0.15) is 12.1 Å². The Balaban J connectivity index is 2.33. The highest BCUT2D eigenvalue weighted by Gasteiger charge is 2.17. The van der Waals surface area contributed by atoms with E-state index in [1.807, 2.05) is 0 Å². The van der Waals surface area contributed by atoms with E-state index >= 15 is 0 Å². The number of hydrogen-bond donors (Lipinski definition) is 2. The average molecular weight is 289 g/mol. The number of H-pyrrole nitrogens is 1. The van der Waals surface area contributed by atoms with Crippen LogP contribution in [0.4, 0.5) is 5.95 Å². The third kappa shape index (κ3) is 2.54. The summed E-state index contributed by atoms with van der Waals surface area (Å²) in [6.07, 6.45) is 1.19. The molecule has 0 amide bonds. The van der Waals surface area contributed by atoms with Crippen LogP contribution < -0.4 is 9.46 Å². The highest BCUT2D eigenvalue weighted by molar-refractivity contribution is 7.92. The lowest BCUT2D eigenvalue weighted by atomic mass is 10.3. The van der Waals surface area contributed by atoms with E-state index in [9.17, 15) is 8.42 Å². The number of sulfonamides is 1. The van der Waals surface area contributed by atoms with Crippen LogP contribution in [0.5, 0.6) is 5.75 Å². The minimum Gasteiger partial charge on any atom is -0.495 e. The fraction of sp³-hybridized carbons (Fsp3) is 0.111. The zero-order valence-corrected chi connectivity index (χ0v) is 10.8. The summed E-state index contributed by atoms with van der Waals surface area (Å²) in [5, 5.41) is 6.13. The Hall–Kier alpha value is -1.80. The van der Waals surface area contributed by atoms with Crippen molar-refractivity contribution in [2.75, 3.05) is 11.8 Å². The quantitative estimate of drug-likeness (QED) is 0.883. The minimum absolute atomic E-state index is 0.00435. The van der Waals surface area contributed by atoms with Crippen molar-refractivity contribution >= 4 is 27.6 Å². The fourth-order valence-corrected chi connectivity index (χ4v) is 2.57. The Morgan fingerprint density at radius 2 is 2.22 bits per heavy atom. The van der Waals surface area contributed by atoms with Gasteiger partial charge >= 0.3 is 0 Å². The number of aromatic amines is 1. The van der Waals surface area contributed by atoms with E-state index in [0.717, 1.165) is 0 Å². The van der Waals surface area contributed by atoms with Gasteiger partial charge in [0.2, 0.25) is 5.95 Å². The fourth-order valence-electron chi connectivity index (χ4n) is 1.26. The van der Waals surface area contributed by atoms with Crippen LogP contribution in [0, 0.1) is 0 Å². The lowest BCUT2D eigenvalue weighted by Gasteiger charge is -2.07. The molecule has 7 nitrogen and oxygen atoms in total. The zero-order valence-electron chi connectivity index (χ0n) is 9.21. The van der Waals surface area contributed by atoms with Crippen molar-refractivity contribution in [1.29, 1.82) is 0 Å². The number of nitrogens with one attached hydrogen (secondary N) is 2. The van der Waals surface area contributed by atoms with Gasteiger partial charge in [-0.3, -0.25) is 0 Å². The largest absolute Gasteiger partial charge is 0.495 e. The van der Waals surface area contributed by atoms with E-state index in [2.05, 4.69) is 19.9 Å². The molecular formula is C9H9ClN4O3S. The van der Waals surface area contributed by atoms with Gasteiger partial charge in [-0.05, 0) is 18.2 Å². The SMILES string of the molecule is COc1ccc(S(=O)(=O)Nc2ncn[nH]2)cc1Cl. The molecule has 0 aliphatic heterocycles. The second kappa shape index (κ2) is 4.83. The monoisotopic (exact) mass is 288 g/mol. The summed E-state index contributed by atoms with van der Waals surface area (Å²) in [7, 11) is -2.31. The van der Waals surface area contributed by atoms with Crippen molar-refractivity contribution in [3.8, 4) is 5.75 Å². The maximum absolute atomic E-state index is 12.0. The molecule has 18 heavy (non-hydrogen) atoms. The summed E-state index contributed by atoms with van der Waals surface area (Å²) >= 11 is 5.86. The third-order valence-corrected chi connectivity index (χ3v) is 3.71. The molecule has 0 atom stereocenters. The molecule has 0 saturated carbocycles. The summed E-state index contributed by atoms with van der Waals surface area (Å²) in [6, 6.07) is 4.14. The first-order chi connectivity index (χ1) is 8.53. The number of benzene rings is 1. The molecule has 1 aromatic heterocycles. The van der Waals surface area contributed by atoms with Gasteiger partial charge < -0.3 is 4.74 Å². The number of hydrogen-bond acceptors (Lipinski definition) is 5. The maximum Gasteiger partial charge on any atom is 0.264 e. The zero-order chi connectivity index (χ0) is 13.2. The second-order valence-electron chi connectivity index (χ2n) is 3.24. The average Bonchev–Trinajstić information content (AvgIpc) is 2.81. The Morgan fingerprint density at radius 1 is 1.44 bits per heavy atom. The number of methoxy groups -OCH3 is 1. The lowest BCUT2D eigenvalue weighted by molar-refractivity contribution is 0.414. The molecule has 2 rings (SSSR count). The number of halogens is 1. The summed E-state index contributed by atoms with van der Waals surface area (Å²) in [5.74, 6) is 0.428. The molecule has 2 N–H and O–H groups in total. The van der Waals surface area contributed by atoms with Crippen LogP contribution in [0.2, 0.25) is 5.02 Å². The third-order valence-electron chi connectivity index (χ3n) is 2.08. The van der Waals surface area contributed by atoms with Crippen LogP contribution in [0.15, 0.2) is 29.4 Å². The Kier molecular flexibility index (Phi) is 3.39. The van der Waals surface area contributed by atoms with E-state index in [1.165, 1.54) is 31.6 Å². The highest BCUT2D eigenvalue weighted by atomic mass is 35.5. The van der Waals surface area contributed by atoms with Crippen LogP contribution >= 0.6 is 11.6 Å². The van der Waals surface area contributed by atoms with Gasteiger partial charge in [-0.15, -0.1) is 0 Å². The van der Waals surface area contributed by atoms with E-state index in [4.69, 9.17) is 16.3 Å². The number of aromatic nitrogens is 3. The van der Waals surface area contributed by atoms with Crippen LogP contribution in [0.1, 0.15) is 0 Å². The van der Waals surface area contributed by atoms with Gasteiger partial charge in [0.15, 0.2) is 0 Å². The van der Waals surface area contributed by atoms with Crippen molar-refractivity contribution < 1.29 is 13.2 Å². The Morgan fingerprint density at radius 3 is 2.78 bits per heavy atom. The lowest BCUT2D eigenvalue weighted by Crippen LogP contribution is -2.14. The van der Waals surface area contributed by atoms with Crippen molar-refractivity contribution in [1.82, 2.24) is 15.2 Å². The second-order valence-corrected chi connectivity index (χ2v) is 5.33. The number of ether oxygens (including phenoxy) is 1.